The molecule has 154 valence electrons. The van der Waals surface area contributed by atoms with Gasteiger partial charge in [0.15, 0.2) is 0 Å². The molecule has 7 heteroatoms. The first kappa shape index (κ1) is 20.1. The molecule has 3 aliphatic rings. The highest BCUT2D eigenvalue weighted by Gasteiger charge is 2.52. The monoisotopic (exact) mass is 416 g/mol. The first-order chi connectivity index (χ1) is 13.8. The maximum absolute atomic E-state index is 12.5. The molecular weight excluding hydrogens is 392 g/mol. The van der Waals surface area contributed by atoms with Gasteiger partial charge in [-0.25, -0.2) is 4.79 Å². The summed E-state index contributed by atoms with van der Waals surface area (Å²) in [6.45, 7) is 2.32. The quantitative estimate of drug-likeness (QED) is 0.719. The van der Waals surface area contributed by atoms with E-state index in [1.54, 1.807) is 36.4 Å². The van der Waals surface area contributed by atoms with Crippen LogP contribution in [0.4, 0.5) is 0 Å². The Balaban J connectivity index is 1.48. The van der Waals surface area contributed by atoms with Crippen LogP contribution in [0.15, 0.2) is 53.4 Å². The van der Waals surface area contributed by atoms with E-state index in [0.717, 1.165) is 18.4 Å². The molecule has 1 N–H and O–H groups in total. The Hall–Kier alpha value is -2.22. The van der Waals surface area contributed by atoms with Crippen LogP contribution in [-0.2, 0) is 24.6 Å². The van der Waals surface area contributed by atoms with Crippen molar-refractivity contribution in [2.75, 3.05) is 13.2 Å². The van der Waals surface area contributed by atoms with Gasteiger partial charge in [-0.15, -0.1) is 0 Å². The molecule has 0 atom stereocenters. The van der Waals surface area contributed by atoms with Crippen LogP contribution in [-0.4, -0.2) is 32.7 Å². The third kappa shape index (κ3) is 3.70. The molecule has 0 radical (unpaired) electrons. The molecule has 2 heterocycles. The lowest BCUT2D eigenvalue weighted by Crippen LogP contribution is -2.51. The first-order valence-electron chi connectivity index (χ1n) is 9.68. The fourth-order valence-electron chi connectivity index (χ4n) is 4.34. The molecule has 2 aliphatic heterocycles. The molecule has 1 aliphatic carbocycles. The molecule has 29 heavy (non-hydrogen) atoms. The molecule has 2 aromatic rings. The number of ether oxygens (including phenoxy) is 1. The summed E-state index contributed by atoms with van der Waals surface area (Å²) in [5, 5.41) is 9.53. The Morgan fingerprint density at radius 1 is 1.07 bits per heavy atom. The molecule has 2 bridgehead atoms. The second kappa shape index (κ2) is 7.23. The highest BCUT2D eigenvalue weighted by molar-refractivity contribution is 7.86. The van der Waals surface area contributed by atoms with Crippen LogP contribution in [0.25, 0.3) is 0 Å². The minimum atomic E-state index is -3.83. The summed E-state index contributed by atoms with van der Waals surface area (Å²) < 4.78 is 36.7. The van der Waals surface area contributed by atoms with Crippen molar-refractivity contribution in [3.05, 3.63) is 65.2 Å². The number of carboxylic acid groups (broad SMARTS) is 1. The van der Waals surface area contributed by atoms with Crippen molar-refractivity contribution >= 4 is 16.1 Å². The molecule has 2 aromatic carbocycles. The van der Waals surface area contributed by atoms with Crippen LogP contribution in [0.5, 0.6) is 0 Å². The Labute approximate surface area is 170 Å². The lowest BCUT2D eigenvalue weighted by molar-refractivity contribution is -0.197. The summed E-state index contributed by atoms with van der Waals surface area (Å²) in [4.78, 5) is 11.8. The van der Waals surface area contributed by atoms with Gasteiger partial charge in [0.05, 0.1) is 29.3 Å². The van der Waals surface area contributed by atoms with E-state index in [0.29, 0.717) is 25.0 Å². The lowest BCUT2D eigenvalue weighted by atomic mass is 9.64. The molecule has 0 unspecified atom stereocenters. The molecular formula is C22H24O6S. The summed E-state index contributed by atoms with van der Waals surface area (Å²) in [6, 6.07) is 13.5. The SMILES string of the molecule is Cc1ccc(S(=O)(=O)OCC23CCC(c4ccccc4C(=O)O)(CC2)OC3)cc1. The zero-order valence-corrected chi connectivity index (χ0v) is 17.1. The van der Waals surface area contributed by atoms with Gasteiger partial charge >= 0.3 is 5.97 Å². The van der Waals surface area contributed by atoms with E-state index in [4.69, 9.17) is 8.92 Å². The minimum Gasteiger partial charge on any atom is -0.478 e. The average molecular weight is 416 g/mol. The molecule has 1 saturated carbocycles. The number of hydrogen-bond acceptors (Lipinski definition) is 5. The molecule has 6 nitrogen and oxygen atoms in total. The highest BCUT2D eigenvalue weighted by atomic mass is 32.2. The number of benzene rings is 2. The molecule has 2 saturated heterocycles. The van der Waals surface area contributed by atoms with E-state index < -0.39 is 21.7 Å². The Bertz CT molecular complexity index is 1000. The Morgan fingerprint density at radius 2 is 1.72 bits per heavy atom. The molecule has 0 aromatic heterocycles. The van der Waals surface area contributed by atoms with E-state index in [9.17, 15) is 18.3 Å². The lowest BCUT2D eigenvalue weighted by Gasteiger charge is -2.53. The third-order valence-electron chi connectivity index (χ3n) is 6.25. The molecule has 5 rings (SSSR count). The van der Waals surface area contributed by atoms with Crippen molar-refractivity contribution in [3.8, 4) is 0 Å². The second-order valence-electron chi connectivity index (χ2n) is 8.16. The number of aromatic carboxylic acids is 1. The van der Waals surface area contributed by atoms with Crippen LogP contribution < -0.4 is 0 Å². The van der Waals surface area contributed by atoms with Gasteiger partial charge in [-0.05, 0) is 56.4 Å². The number of hydrogen-bond donors (Lipinski definition) is 1. The minimum absolute atomic E-state index is 0.0693. The van der Waals surface area contributed by atoms with E-state index in [1.165, 1.54) is 0 Å². The molecule has 3 fully saturated rings. The largest absolute Gasteiger partial charge is 0.478 e. The van der Waals surface area contributed by atoms with Gasteiger partial charge < -0.3 is 9.84 Å². The van der Waals surface area contributed by atoms with Crippen LogP contribution in [0.2, 0.25) is 0 Å². The number of carbonyl (C=O) groups is 1. The van der Waals surface area contributed by atoms with Gasteiger partial charge in [-0.1, -0.05) is 35.9 Å². The summed E-state index contributed by atoms with van der Waals surface area (Å²) in [6.07, 6.45) is 2.74. The van der Waals surface area contributed by atoms with Crippen molar-refractivity contribution in [2.24, 2.45) is 5.41 Å². The zero-order valence-electron chi connectivity index (χ0n) is 16.3. The number of fused-ring (bicyclic) bond motifs is 3. The van der Waals surface area contributed by atoms with E-state index in [1.807, 2.05) is 19.1 Å². The molecule has 0 spiro atoms. The van der Waals surface area contributed by atoms with E-state index in [2.05, 4.69) is 0 Å². The van der Waals surface area contributed by atoms with E-state index >= 15 is 0 Å². The topological polar surface area (TPSA) is 89.9 Å². The third-order valence-corrected chi connectivity index (χ3v) is 7.53. The fourth-order valence-corrected chi connectivity index (χ4v) is 5.35. The van der Waals surface area contributed by atoms with Gasteiger partial charge in [0.2, 0.25) is 0 Å². The summed E-state index contributed by atoms with van der Waals surface area (Å²) in [7, 11) is -3.83. The van der Waals surface area contributed by atoms with Gasteiger partial charge in [0, 0.05) is 5.41 Å². The van der Waals surface area contributed by atoms with Gasteiger partial charge in [0.25, 0.3) is 10.1 Å². The average Bonchev–Trinajstić information content (AvgIpc) is 2.74. The Morgan fingerprint density at radius 3 is 2.31 bits per heavy atom. The maximum Gasteiger partial charge on any atom is 0.336 e. The van der Waals surface area contributed by atoms with Crippen LogP contribution in [0, 0.1) is 12.3 Å². The smallest absolute Gasteiger partial charge is 0.336 e. The number of carboxylic acids is 1. The summed E-state index contributed by atoms with van der Waals surface area (Å²) >= 11 is 0. The van der Waals surface area contributed by atoms with Crippen LogP contribution >= 0.6 is 0 Å². The zero-order chi connectivity index (χ0) is 20.7. The fraction of sp³-hybridized carbons (Fsp3) is 0.409. The molecule has 0 amide bonds. The number of rotatable bonds is 6. The standard InChI is InChI=1S/C22H24O6S/c1-16-6-8-17(9-7-16)29(25,26)28-15-21-10-12-22(13-11-21,27-14-21)19-5-3-2-4-18(19)20(23)24/h2-9H,10-15H2,1H3,(H,23,24). The first-order valence-corrected chi connectivity index (χ1v) is 11.1. The van der Waals surface area contributed by atoms with Crippen molar-refractivity contribution in [2.45, 2.75) is 43.1 Å². The van der Waals surface area contributed by atoms with Crippen molar-refractivity contribution in [1.29, 1.82) is 0 Å². The van der Waals surface area contributed by atoms with Gasteiger partial charge in [-0.2, -0.15) is 8.42 Å². The predicted molar refractivity (Wildman–Crippen MR) is 106 cm³/mol. The van der Waals surface area contributed by atoms with Crippen molar-refractivity contribution in [1.82, 2.24) is 0 Å². The van der Waals surface area contributed by atoms with E-state index in [-0.39, 0.29) is 22.5 Å². The summed E-state index contributed by atoms with van der Waals surface area (Å²) in [5.74, 6) is -0.964. The van der Waals surface area contributed by atoms with Crippen LogP contribution in [0.3, 0.4) is 0 Å². The van der Waals surface area contributed by atoms with Crippen molar-refractivity contribution in [3.63, 3.8) is 0 Å². The van der Waals surface area contributed by atoms with Gasteiger partial charge in [0.1, 0.15) is 0 Å². The summed E-state index contributed by atoms with van der Waals surface area (Å²) in [5.41, 5.74) is 0.965. The second-order valence-corrected chi connectivity index (χ2v) is 9.78. The van der Waals surface area contributed by atoms with Crippen LogP contribution in [0.1, 0.15) is 47.2 Å². The van der Waals surface area contributed by atoms with Gasteiger partial charge in [-0.3, -0.25) is 4.18 Å². The van der Waals surface area contributed by atoms with Crippen molar-refractivity contribution < 1.29 is 27.2 Å². The highest BCUT2D eigenvalue weighted by Crippen LogP contribution is 2.54. The number of aryl methyl sites for hydroxylation is 1. The normalized spacial score (nSPS) is 26.4. The Kier molecular flexibility index (Phi) is 5.01. The predicted octanol–water partition coefficient (Wildman–Crippen LogP) is 3.88. The maximum atomic E-state index is 12.5.